The molecular formula is C17H18Cl2N2O2. The minimum atomic E-state index is -0.259. The molecule has 0 aliphatic heterocycles. The topological polar surface area (TPSA) is 50.4 Å². The molecule has 4 nitrogen and oxygen atoms in total. The summed E-state index contributed by atoms with van der Waals surface area (Å²) in [5.41, 5.74) is 1.73. The highest BCUT2D eigenvalue weighted by atomic mass is 35.5. The molecule has 0 aliphatic carbocycles. The number of amides is 1. The normalized spacial score (nSPS) is 10.2. The molecule has 0 radical (unpaired) electrons. The fraction of sp³-hybridized carbons (Fsp3) is 0.235. The molecule has 2 rings (SSSR count). The minimum absolute atomic E-state index is 0.128. The van der Waals surface area contributed by atoms with Gasteiger partial charge >= 0.3 is 0 Å². The number of benzene rings is 2. The van der Waals surface area contributed by atoms with E-state index in [-0.39, 0.29) is 12.5 Å². The van der Waals surface area contributed by atoms with E-state index in [2.05, 4.69) is 17.6 Å². The van der Waals surface area contributed by atoms with Gasteiger partial charge in [0.25, 0.3) is 5.91 Å². The van der Waals surface area contributed by atoms with Crippen molar-refractivity contribution in [1.82, 2.24) is 0 Å². The monoisotopic (exact) mass is 352 g/mol. The fourth-order valence-corrected chi connectivity index (χ4v) is 2.34. The van der Waals surface area contributed by atoms with Crippen LogP contribution in [0.25, 0.3) is 0 Å². The number of ether oxygens (including phenoxy) is 1. The van der Waals surface area contributed by atoms with E-state index in [0.29, 0.717) is 21.5 Å². The number of carbonyl (C=O) groups is 1. The first kappa shape index (κ1) is 17.4. The maximum Gasteiger partial charge on any atom is 0.262 e. The average molecular weight is 353 g/mol. The molecule has 122 valence electrons. The summed E-state index contributed by atoms with van der Waals surface area (Å²) in [6.45, 7) is 2.90. The molecule has 0 atom stereocenters. The number of hydrogen-bond donors (Lipinski definition) is 2. The van der Waals surface area contributed by atoms with E-state index in [1.54, 1.807) is 18.2 Å². The van der Waals surface area contributed by atoms with Crippen LogP contribution >= 0.6 is 23.2 Å². The first-order chi connectivity index (χ1) is 11.1. The van der Waals surface area contributed by atoms with Gasteiger partial charge in [0.1, 0.15) is 5.75 Å². The number of rotatable bonds is 7. The summed E-state index contributed by atoms with van der Waals surface area (Å²) in [5.74, 6) is 0.163. The van der Waals surface area contributed by atoms with Crippen molar-refractivity contribution in [2.24, 2.45) is 0 Å². The van der Waals surface area contributed by atoms with E-state index >= 15 is 0 Å². The van der Waals surface area contributed by atoms with Gasteiger partial charge in [-0.05, 0) is 48.9 Å². The Morgan fingerprint density at radius 3 is 2.43 bits per heavy atom. The summed E-state index contributed by atoms with van der Waals surface area (Å²) in [7, 11) is 0. The van der Waals surface area contributed by atoms with E-state index in [4.69, 9.17) is 27.9 Å². The summed E-state index contributed by atoms with van der Waals surface area (Å²) in [6, 6.07) is 12.4. The van der Waals surface area contributed by atoms with Gasteiger partial charge < -0.3 is 15.4 Å². The van der Waals surface area contributed by atoms with Crippen LogP contribution in [0.5, 0.6) is 5.75 Å². The fourth-order valence-electron chi connectivity index (χ4n) is 1.87. The highest BCUT2D eigenvalue weighted by molar-refractivity contribution is 6.35. The second-order valence-corrected chi connectivity index (χ2v) is 5.76. The lowest BCUT2D eigenvalue weighted by Crippen LogP contribution is -2.20. The molecule has 0 saturated heterocycles. The van der Waals surface area contributed by atoms with Crippen LogP contribution in [0.3, 0.4) is 0 Å². The van der Waals surface area contributed by atoms with Crippen molar-refractivity contribution in [2.45, 2.75) is 13.3 Å². The molecule has 23 heavy (non-hydrogen) atoms. The van der Waals surface area contributed by atoms with Gasteiger partial charge in [-0.25, -0.2) is 0 Å². The first-order valence-corrected chi connectivity index (χ1v) is 8.05. The molecule has 0 heterocycles. The lowest BCUT2D eigenvalue weighted by molar-refractivity contribution is -0.118. The molecule has 2 N–H and O–H groups in total. The minimum Gasteiger partial charge on any atom is -0.482 e. The highest BCUT2D eigenvalue weighted by Crippen LogP contribution is 2.27. The third-order valence-electron chi connectivity index (χ3n) is 3.00. The van der Waals surface area contributed by atoms with Crippen LogP contribution in [0.4, 0.5) is 11.4 Å². The van der Waals surface area contributed by atoms with E-state index in [1.807, 2.05) is 24.3 Å². The van der Waals surface area contributed by atoms with Crippen molar-refractivity contribution in [3.05, 3.63) is 52.5 Å². The Labute approximate surface area is 145 Å². The molecule has 2 aromatic rings. The Balaban J connectivity index is 1.84. The zero-order valence-corrected chi connectivity index (χ0v) is 14.2. The van der Waals surface area contributed by atoms with Gasteiger partial charge in [-0.15, -0.1) is 0 Å². The van der Waals surface area contributed by atoms with Crippen LogP contribution in [-0.2, 0) is 4.79 Å². The second-order valence-electron chi connectivity index (χ2n) is 4.92. The van der Waals surface area contributed by atoms with Gasteiger partial charge in [-0.3, -0.25) is 4.79 Å². The zero-order chi connectivity index (χ0) is 16.7. The number of nitrogens with one attached hydrogen (secondary N) is 2. The number of halogens is 2. The number of anilines is 2. The van der Waals surface area contributed by atoms with Crippen LogP contribution in [0, 0.1) is 0 Å². The Morgan fingerprint density at radius 2 is 1.78 bits per heavy atom. The number of hydrogen-bond acceptors (Lipinski definition) is 3. The smallest absolute Gasteiger partial charge is 0.262 e. The molecular weight excluding hydrogens is 335 g/mol. The molecule has 6 heteroatoms. The van der Waals surface area contributed by atoms with Gasteiger partial charge in [0.05, 0.1) is 5.02 Å². The zero-order valence-electron chi connectivity index (χ0n) is 12.7. The molecule has 0 aromatic heterocycles. The third-order valence-corrected chi connectivity index (χ3v) is 3.53. The molecule has 0 aliphatic rings. The van der Waals surface area contributed by atoms with E-state index in [0.717, 1.165) is 18.7 Å². The van der Waals surface area contributed by atoms with Crippen molar-refractivity contribution >= 4 is 40.5 Å². The molecule has 2 aromatic carbocycles. The van der Waals surface area contributed by atoms with Crippen molar-refractivity contribution in [3.8, 4) is 5.75 Å². The van der Waals surface area contributed by atoms with E-state index in [9.17, 15) is 4.79 Å². The van der Waals surface area contributed by atoms with Crippen LogP contribution in [-0.4, -0.2) is 19.1 Å². The van der Waals surface area contributed by atoms with Crippen LogP contribution < -0.4 is 15.4 Å². The number of carbonyl (C=O) groups excluding carboxylic acids is 1. The van der Waals surface area contributed by atoms with Gasteiger partial charge in [-0.2, -0.15) is 0 Å². The van der Waals surface area contributed by atoms with Crippen molar-refractivity contribution in [3.63, 3.8) is 0 Å². The Morgan fingerprint density at radius 1 is 1.09 bits per heavy atom. The third kappa shape index (κ3) is 5.66. The first-order valence-electron chi connectivity index (χ1n) is 7.30. The Kier molecular flexibility index (Phi) is 6.56. The van der Waals surface area contributed by atoms with Crippen LogP contribution in [0.15, 0.2) is 42.5 Å². The average Bonchev–Trinajstić information content (AvgIpc) is 2.53. The summed E-state index contributed by atoms with van der Waals surface area (Å²) in [6.07, 6.45) is 1.06. The predicted octanol–water partition coefficient (Wildman–Crippen LogP) is 4.83. The molecule has 0 saturated carbocycles. The maximum atomic E-state index is 11.9. The highest BCUT2D eigenvalue weighted by Gasteiger charge is 2.07. The summed E-state index contributed by atoms with van der Waals surface area (Å²) < 4.78 is 5.39. The van der Waals surface area contributed by atoms with Gasteiger partial charge in [0, 0.05) is 22.9 Å². The Bertz CT molecular complexity index is 660. The van der Waals surface area contributed by atoms with Gasteiger partial charge in [0.15, 0.2) is 6.61 Å². The lowest BCUT2D eigenvalue weighted by atomic mass is 10.2. The van der Waals surface area contributed by atoms with Crippen LogP contribution in [0.1, 0.15) is 13.3 Å². The summed E-state index contributed by atoms with van der Waals surface area (Å²) in [5, 5.41) is 6.92. The van der Waals surface area contributed by atoms with Crippen molar-refractivity contribution in [1.29, 1.82) is 0 Å². The summed E-state index contributed by atoms with van der Waals surface area (Å²) >= 11 is 11.8. The molecule has 0 unspecified atom stereocenters. The standard InChI is InChI=1S/C17H18Cl2N2O2/c1-2-9-20-13-4-6-14(7-5-13)21-17(22)11-23-16-8-3-12(18)10-15(16)19/h3-8,10,20H,2,9,11H2,1H3,(H,21,22). The predicted molar refractivity (Wildman–Crippen MR) is 95.8 cm³/mol. The van der Waals surface area contributed by atoms with Gasteiger partial charge in [0.2, 0.25) is 0 Å². The van der Waals surface area contributed by atoms with Crippen molar-refractivity contribution < 1.29 is 9.53 Å². The van der Waals surface area contributed by atoms with Crippen molar-refractivity contribution in [2.75, 3.05) is 23.8 Å². The molecule has 0 bridgehead atoms. The molecule has 0 spiro atoms. The van der Waals surface area contributed by atoms with E-state index < -0.39 is 0 Å². The lowest BCUT2D eigenvalue weighted by Gasteiger charge is -2.10. The molecule has 0 fully saturated rings. The largest absolute Gasteiger partial charge is 0.482 e. The Hall–Kier alpha value is -1.91. The summed E-state index contributed by atoms with van der Waals surface area (Å²) in [4.78, 5) is 11.9. The molecule has 1 amide bonds. The van der Waals surface area contributed by atoms with Crippen LogP contribution in [0.2, 0.25) is 10.0 Å². The second kappa shape index (κ2) is 8.65. The van der Waals surface area contributed by atoms with Gasteiger partial charge in [-0.1, -0.05) is 30.1 Å². The maximum absolute atomic E-state index is 11.9. The SMILES string of the molecule is CCCNc1ccc(NC(=O)COc2ccc(Cl)cc2Cl)cc1. The van der Waals surface area contributed by atoms with E-state index in [1.165, 1.54) is 0 Å². The quantitative estimate of drug-likeness (QED) is 0.749.